The predicted molar refractivity (Wildman–Crippen MR) is 57.6 cm³/mol. The summed E-state index contributed by atoms with van der Waals surface area (Å²) in [5.41, 5.74) is 0. The molecule has 1 unspecified atom stereocenters. The maximum absolute atomic E-state index is 12.0. The number of nitrogens with zero attached hydrogens (tertiary/aromatic N) is 1. The van der Waals surface area contributed by atoms with Gasteiger partial charge in [-0.15, -0.1) is 0 Å². The van der Waals surface area contributed by atoms with Crippen molar-refractivity contribution in [3.05, 3.63) is 0 Å². The lowest BCUT2D eigenvalue weighted by Gasteiger charge is -2.32. The van der Waals surface area contributed by atoms with Crippen LogP contribution in [0.25, 0.3) is 0 Å². The van der Waals surface area contributed by atoms with Gasteiger partial charge in [0.2, 0.25) is 5.91 Å². The Hall–Kier alpha value is -0.610. The van der Waals surface area contributed by atoms with Crippen LogP contribution in [0.5, 0.6) is 0 Å². The fourth-order valence-corrected chi connectivity index (χ4v) is 2.43. The number of likely N-dealkylation sites (tertiary alicyclic amines) is 1. The second kappa shape index (κ2) is 4.94. The van der Waals surface area contributed by atoms with Crippen LogP contribution >= 0.6 is 0 Å². The van der Waals surface area contributed by atoms with Crippen molar-refractivity contribution < 1.29 is 9.53 Å². The summed E-state index contributed by atoms with van der Waals surface area (Å²) in [7, 11) is 1.75. The van der Waals surface area contributed by atoms with Crippen molar-refractivity contribution in [1.82, 2.24) is 10.2 Å². The third-order valence-corrected chi connectivity index (χ3v) is 3.45. The number of rotatable bonds is 2. The molecule has 0 radical (unpaired) electrons. The fraction of sp³-hybridized carbons (Fsp3) is 0.909. The Kier molecular flexibility index (Phi) is 3.59. The average molecular weight is 212 g/mol. The fourth-order valence-electron chi connectivity index (χ4n) is 2.43. The van der Waals surface area contributed by atoms with Crippen molar-refractivity contribution in [2.24, 2.45) is 0 Å². The minimum atomic E-state index is 0.0871. The summed E-state index contributed by atoms with van der Waals surface area (Å²) in [4.78, 5) is 14.0. The molecule has 2 aliphatic heterocycles. The van der Waals surface area contributed by atoms with E-state index in [0.29, 0.717) is 12.0 Å². The van der Waals surface area contributed by atoms with E-state index in [0.717, 1.165) is 45.3 Å². The smallest absolute Gasteiger partial charge is 0.239 e. The highest BCUT2D eigenvalue weighted by molar-refractivity contribution is 5.82. The summed E-state index contributed by atoms with van der Waals surface area (Å²) < 4.78 is 5.29. The molecule has 0 aliphatic carbocycles. The zero-order chi connectivity index (χ0) is 10.7. The number of carbonyl (C=O) groups is 1. The molecule has 0 bridgehead atoms. The zero-order valence-electron chi connectivity index (χ0n) is 9.37. The second-order valence-corrected chi connectivity index (χ2v) is 4.41. The molecule has 86 valence electrons. The van der Waals surface area contributed by atoms with E-state index in [1.165, 1.54) is 0 Å². The first-order valence-electron chi connectivity index (χ1n) is 5.86. The molecular weight excluding hydrogens is 192 g/mol. The maximum Gasteiger partial charge on any atom is 0.239 e. The molecule has 2 saturated heterocycles. The van der Waals surface area contributed by atoms with Gasteiger partial charge in [-0.1, -0.05) is 0 Å². The summed E-state index contributed by atoms with van der Waals surface area (Å²) in [5.74, 6) is 0.294. The van der Waals surface area contributed by atoms with Gasteiger partial charge >= 0.3 is 0 Å². The Balaban J connectivity index is 1.81. The third kappa shape index (κ3) is 2.49. The molecule has 15 heavy (non-hydrogen) atoms. The van der Waals surface area contributed by atoms with Crippen LogP contribution in [0, 0.1) is 0 Å². The molecule has 0 spiro atoms. The molecule has 0 saturated carbocycles. The first kappa shape index (κ1) is 10.9. The molecule has 0 aromatic rings. The first-order chi connectivity index (χ1) is 7.31. The van der Waals surface area contributed by atoms with Gasteiger partial charge in [-0.25, -0.2) is 0 Å². The Morgan fingerprint density at radius 1 is 1.33 bits per heavy atom. The molecule has 1 atom stereocenters. The Morgan fingerprint density at radius 3 is 2.60 bits per heavy atom. The van der Waals surface area contributed by atoms with Crippen molar-refractivity contribution in [1.29, 1.82) is 0 Å². The van der Waals surface area contributed by atoms with Gasteiger partial charge in [0, 0.05) is 20.2 Å². The van der Waals surface area contributed by atoms with Crippen molar-refractivity contribution in [2.75, 3.05) is 26.7 Å². The Bertz CT molecular complexity index is 219. The van der Waals surface area contributed by atoms with Crippen molar-refractivity contribution in [3.63, 3.8) is 0 Å². The van der Waals surface area contributed by atoms with Crippen LogP contribution in [0.2, 0.25) is 0 Å². The lowest BCUT2D eigenvalue weighted by molar-refractivity contribution is -0.135. The van der Waals surface area contributed by atoms with E-state index in [2.05, 4.69) is 5.32 Å². The van der Waals surface area contributed by atoms with Crippen LogP contribution in [0.4, 0.5) is 0 Å². The minimum Gasteiger partial charge on any atom is -0.381 e. The minimum absolute atomic E-state index is 0.0871. The van der Waals surface area contributed by atoms with E-state index < -0.39 is 0 Å². The summed E-state index contributed by atoms with van der Waals surface area (Å²) in [6.45, 7) is 2.70. The summed E-state index contributed by atoms with van der Waals surface area (Å²) in [5, 5.41) is 3.26. The largest absolute Gasteiger partial charge is 0.381 e. The first-order valence-corrected chi connectivity index (χ1v) is 5.86. The van der Waals surface area contributed by atoms with Crippen LogP contribution < -0.4 is 5.32 Å². The molecule has 1 amide bonds. The van der Waals surface area contributed by atoms with Gasteiger partial charge in [0.25, 0.3) is 0 Å². The van der Waals surface area contributed by atoms with Crippen LogP contribution in [-0.2, 0) is 9.53 Å². The summed E-state index contributed by atoms with van der Waals surface area (Å²) in [6.07, 6.45) is 4.45. The molecule has 2 heterocycles. The van der Waals surface area contributed by atoms with E-state index >= 15 is 0 Å². The van der Waals surface area contributed by atoms with Gasteiger partial charge in [0.1, 0.15) is 0 Å². The quantitative estimate of drug-likeness (QED) is 0.719. The number of nitrogens with one attached hydrogen (secondary N) is 1. The Labute approximate surface area is 91.0 Å². The molecule has 4 nitrogen and oxygen atoms in total. The molecule has 0 aromatic heterocycles. The highest BCUT2D eigenvalue weighted by Crippen LogP contribution is 2.16. The summed E-state index contributed by atoms with van der Waals surface area (Å²) >= 11 is 0. The van der Waals surface area contributed by atoms with Crippen molar-refractivity contribution in [3.8, 4) is 0 Å². The van der Waals surface area contributed by atoms with Gasteiger partial charge in [-0.2, -0.15) is 0 Å². The highest BCUT2D eigenvalue weighted by atomic mass is 16.5. The molecule has 2 aliphatic rings. The number of hydrogen-bond acceptors (Lipinski definition) is 3. The number of carbonyl (C=O) groups excluding carboxylic acids is 1. The number of ether oxygens (including phenoxy) is 1. The van der Waals surface area contributed by atoms with Gasteiger partial charge in [0.05, 0.1) is 12.1 Å². The number of hydrogen-bond donors (Lipinski definition) is 1. The molecule has 4 heteroatoms. The van der Waals surface area contributed by atoms with Gasteiger partial charge in [0.15, 0.2) is 0 Å². The SMILES string of the molecule is COC1CCN(C(=O)C2CCCN2)CC1. The lowest BCUT2D eigenvalue weighted by atomic mass is 10.1. The van der Waals surface area contributed by atoms with E-state index in [4.69, 9.17) is 4.74 Å². The monoisotopic (exact) mass is 212 g/mol. The van der Waals surface area contributed by atoms with Gasteiger partial charge in [-0.3, -0.25) is 4.79 Å². The van der Waals surface area contributed by atoms with Crippen LogP contribution in [0.1, 0.15) is 25.7 Å². The second-order valence-electron chi connectivity index (χ2n) is 4.41. The van der Waals surface area contributed by atoms with Crippen molar-refractivity contribution in [2.45, 2.75) is 37.8 Å². The maximum atomic E-state index is 12.0. The molecule has 0 aromatic carbocycles. The molecule has 1 N–H and O–H groups in total. The van der Waals surface area contributed by atoms with Crippen LogP contribution in [0.15, 0.2) is 0 Å². The zero-order valence-corrected chi connectivity index (χ0v) is 9.37. The number of amides is 1. The summed E-state index contributed by atoms with van der Waals surface area (Å²) in [6, 6.07) is 0.0871. The van der Waals surface area contributed by atoms with Crippen LogP contribution in [-0.4, -0.2) is 49.7 Å². The van der Waals surface area contributed by atoms with E-state index in [1.807, 2.05) is 4.90 Å². The topological polar surface area (TPSA) is 41.6 Å². The molecule has 2 rings (SSSR count). The van der Waals surface area contributed by atoms with Crippen molar-refractivity contribution >= 4 is 5.91 Å². The number of piperidine rings is 1. The highest BCUT2D eigenvalue weighted by Gasteiger charge is 2.29. The third-order valence-electron chi connectivity index (χ3n) is 3.45. The van der Waals surface area contributed by atoms with E-state index in [9.17, 15) is 4.79 Å². The standard InChI is InChI=1S/C11H20N2O2/c1-15-9-4-7-13(8-5-9)11(14)10-3-2-6-12-10/h9-10,12H,2-8H2,1H3. The average Bonchev–Trinajstić information content (AvgIpc) is 2.82. The molecular formula is C11H20N2O2. The Morgan fingerprint density at radius 2 is 2.07 bits per heavy atom. The van der Waals surface area contributed by atoms with Gasteiger partial charge < -0.3 is 15.0 Å². The van der Waals surface area contributed by atoms with E-state index in [1.54, 1.807) is 7.11 Å². The lowest BCUT2D eigenvalue weighted by Crippen LogP contribution is -2.48. The van der Waals surface area contributed by atoms with Crippen LogP contribution in [0.3, 0.4) is 0 Å². The van der Waals surface area contributed by atoms with Gasteiger partial charge in [-0.05, 0) is 32.2 Å². The van der Waals surface area contributed by atoms with E-state index in [-0.39, 0.29) is 6.04 Å². The normalized spacial score (nSPS) is 28.3. The predicted octanol–water partition coefficient (Wildman–Crippen LogP) is 0.376. The molecule has 2 fully saturated rings. The number of methoxy groups -OCH3 is 1.